The summed E-state index contributed by atoms with van der Waals surface area (Å²) in [5.41, 5.74) is 0. The molecule has 2 rings (SSSR count). The van der Waals surface area contributed by atoms with Crippen LogP contribution in [0.2, 0.25) is 0 Å². The van der Waals surface area contributed by atoms with Crippen LogP contribution in [0, 0.1) is 0 Å². The first-order valence-corrected chi connectivity index (χ1v) is 8.10. The lowest BCUT2D eigenvalue weighted by Crippen LogP contribution is -1.88. The van der Waals surface area contributed by atoms with E-state index in [4.69, 9.17) is 4.74 Å². The minimum atomic E-state index is 0.116. The van der Waals surface area contributed by atoms with Gasteiger partial charge in [0.15, 0.2) is 0 Å². The normalized spacial score (nSPS) is 10.5. The highest BCUT2D eigenvalue weighted by Crippen LogP contribution is 2.44. The number of hydrogen-bond acceptors (Lipinski definition) is 3. The van der Waals surface area contributed by atoms with Crippen LogP contribution >= 0.6 is 63.7 Å². The Labute approximate surface area is 143 Å². The Hall–Kier alpha value is -0.240. The molecule has 19 heavy (non-hydrogen) atoms. The molecule has 0 spiro atoms. The number of ether oxygens (including phenoxy) is 1. The van der Waals surface area contributed by atoms with Gasteiger partial charge < -0.3 is 14.9 Å². The molecule has 2 N–H and O–H groups in total. The van der Waals surface area contributed by atoms with E-state index in [1.54, 1.807) is 12.1 Å². The Morgan fingerprint density at radius 2 is 1.00 bits per heavy atom. The summed E-state index contributed by atoms with van der Waals surface area (Å²) >= 11 is 13.2. The SMILES string of the molecule is Oc1ccc(Oc2ccc(O)c(Br)c2Br)c(Br)c1Br. The minimum absolute atomic E-state index is 0.116. The number of hydrogen-bond donors (Lipinski definition) is 2. The monoisotopic (exact) mass is 514 g/mol. The highest BCUT2D eigenvalue weighted by atomic mass is 79.9. The van der Waals surface area contributed by atoms with Crippen LogP contribution in [0.1, 0.15) is 0 Å². The second-order valence-electron chi connectivity index (χ2n) is 3.52. The number of phenolic OH excluding ortho intramolecular Hbond substituents is 2. The van der Waals surface area contributed by atoms with Gasteiger partial charge in [-0.15, -0.1) is 0 Å². The van der Waals surface area contributed by atoms with Crippen LogP contribution in [0.25, 0.3) is 0 Å². The zero-order valence-corrected chi connectivity index (χ0v) is 15.5. The third kappa shape index (κ3) is 3.09. The van der Waals surface area contributed by atoms with Crippen molar-refractivity contribution in [2.75, 3.05) is 0 Å². The van der Waals surface area contributed by atoms with Crippen LogP contribution in [0.4, 0.5) is 0 Å². The molecular formula is C12H6Br4O3. The molecule has 100 valence electrons. The topological polar surface area (TPSA) is 49.7 Å². The van der Waals surface area contributed by atoms with Crippen molar-refractivity contribution in [3.8, 4) is 23.0 Å². The Bertz CT molecular complexity index is 588. The van der Waals surface area contributed by atoms with Crippen LogP contribution in [0.15, 0.2) is 42.2 Å². The van der Waals surface area contributed by atoms with Crippen molar-refractivity contribution in [2.24, 2.45) is 0 Å². The molecule has 0 radical (unpaired) electrons. The van der Waals surface area contributed by atoms with Crippen LogP contribution in [0.5, 0.6) is 23.0 Å². The Morgan fingerprint density at radius 1 is 0.632 bits per heavy atom. The molecule has 0 aromatic heterocycles. The van der Waals surface area contributed by atoms with Gasteiger partial charge in [-0.1, -0.05) is 0 Å². The highest BCUT2D eigenvalue weighted by Gasteiger charge is 2.14. The van der Waals surface area contributed by atoms with E-state index in [1.165, 1.54) is 12.1 Å². The van der Waals surface area contributed by atoms with Crippen molar-refractivity contribution in [1.29, 1.82) is 0 Å². The van der Waals surface area contributed by atoms with Gasteiger partial charge in [-0.2, -0.15) is 0 Å². The highest BCUT2D eigenvalue weighted by molar-refractivity contribution is 9.13. The molecule has 7 heteroatoms. The average Bonchev–Trinajstić information content (AvgIpc) is 2.39. The Kier molecular flexibility index (Phi) is 4.81. The van der Waals surface area contributed by atoms with Gasteiger partial charge in [0, 0.05) is 0 Å². The maximum Gasteiger partial charge on any atom is 0.143 e. The van der Waals surface area contributed by atoms with E-state index in [-0.39, 0.29) is 11.5 Å². The predicted molar refractivity (Wildman–Crippen MR) is 87.1 cm³/mol. The Morgan fingerprint density at radius 3 is 1.37 bits per heavy atom. The van der Waals surface area contributed by atoms with Crippen LogP contribution in [0.3, 0.4) is 0 Å². The van der Waals surface area contributed by atoms with Crippen LogP contribution in [-0.2, 0) is 0 Å². The zero-order valence-electron chi connectivity index (χ0n) is 9.12. The summed E-state index contributed by atoms with van der Waals surface area (Å²) in [4.78, 5) is 0. The summed E-state index contributed by atoms with van der Waals surface area (Å²) in [5.74, 6) is 1.29. The summed E-state index contributed by atoms with van der Waals surface area (Å²) in [5, 5.41) is 19.1. The van der Waals surface area contributed by atoms with Crippen molar-refractivity contribution in [1.82, 2.24) is 0 Å². The van der Waals surface area contributed by atoms with Crippen molar-refractivity contribution < 1.29 is 14.9 Å². The molecule has 0 saturated carbocycles. The molecule has 0 atom stereocenters. The lowest BCUT2D eigenvalue weighted by atomic mass is 10.3. The van der Waals surface area contributed by atoms with E-state index >= 15 is 0 Å². The van der Waals surface area contributed by atoms with Crippen molar-refractivity contribution in [3.63, 3.8) is 0 Å². The van der Waals surface area contributed by atoms with E-state index in [9.17, 15) is 10.2 Å². The Balaban J connectivity index is 2.43. The fourth-order valence-corrected chi connectivity index (χ4v) is 2.81. The molecule has 0 bridgehead atoms. The molecule has 0 saturated heterocycles. The molecule has 0 unspecified atom stereocenters. The standard InChI is InChI=1S/C12H6Br4O3/c13-9-5(17)1-3-7(11(9)15)19-8-4-2-6(18)10(14)12(8)16/h1-4,17-18H. The van der Waals surface area contributed by atoms with Gasteiger partial charge in [0.1, 0.15) is 23.0 Å². The zero-order chi connectivity index (χ0) is 14.2. The number of halogens is 4. The van der Waals surface area contributed by atoms with Crippen molar-refractivity contribution in [3.05, 3.63) is 42.2 Å². The third-order valence-electron chi connectivity index (χ3n) is 2.27. The molecular weight excluding hydrogens is 512 g/mol. The molecule has 2 aromatic rings. The van der Waals surface area contributed by atoms with Crippen molar-refractivity contribution in [2.45, 2.75) is 0 Å². The number of phenols is 2. The molecule has 2 aromatic carbocycles. The number of aromatic hydroxyl groups is 2. The van der Waals surface area contributed by atoms with Gasteiger partial charge in [-0.05, 0) is 88.0 Å². The predicted octanol–water partition coefficient (Wildman–Crippen LogP) is 5.94. The average molecular weight is 518 g/mol. The van der Waals surface area contributed by atoms with E-state index in [1.807, 2.05) is 0 Å². The van der Waals surface area contributed by atoms with E-state index in [0.717, 1.165) is 0 Å². The van der Waals surface area contributed by atoms with Crippen LogP contribution < -0.4 is 4.74 Å². The molecule has 0 amide bonds. The summed E-state index contributed by atoms with van der Waals surface area (Å²) in [6.45, 7) is 0. The number of rotatable bonds is 2. The fraction of sp³-hybridized carbons (Fsp3) is 0. The van der Waals surface area contributed by atoms with E-state index in [2.05, 4.69) is 63.7 Å². The maximum atomic E-state index is 9.54. The van der Waals surface area contributed by atoms with Gasteiger partial charge in [-0.25, -0.2) is 0 Å². The lowest BCUT2D eigenvalue weighted by molar-refractivity contribution is 0.451. The second-order valence-corrected chi connectivity index (χ2v) is 6.70. The van der Waals surface area contributed by atoms with Gasteiger partial charge >= 0.3 is 0 Å². The first kappa shape index (κ1) is 15.2. The molecule has 3 nitrogen and oxygen atoms in total. The summed E-state index contributed by atoms with van der Waals surface area (Å²) in [7, 11) is 0. The van der Waals surface area contributed by atoms with Gasteiger partial charge in [0.2, 0.25) is 0 Å². The summed E-state index contributed by atoms with van der Waals surface area (Å²) < 4.78 is 7.96. The van der Waals surface area contributed by atoms with Gasteiger partial charge in [-0.3, -0.25) is 0 Å². The molecule has 0 aliphatic carbocycles. The molecule has 0 aliphatic rings. The first-order chi connectivity index (χ1) is 8.91. The van der Waals surface area contributed by atoms with Gasteiger partial charge in [0.05, 0.1) is 17.9 Å². The lowest BCUT2D eigenvalue weighted by Gasteiger charge is -2.12. The third-order valence-corrected chi connectivity index (χ3v) is 6.52. The summed E-state index contributed by atoms with van der Waals surface area (Å²) in [6.07, 6.45) is 0. The van der Waals surface area contributed by atoms with E-state index < -0.39 is 0 Å². The van der Waals surface area contributed by atoms with Crippen LogP contribution in [-0.4, -0.2) is 10.2 Å². The second kappa shape index (κ2) is 6.03. The van der Waals surface area contributed by atoms with Gasteiger partial charge in [0.25, 0.3) is 0 Å². The van der Waals surface area contributed by atoms with E-state index in [0.29, 0.717) is 29.4 Å². The first-order valence-electron chi connectivity index (χ1n) is 4.93. The molecule has 0 fully saturated rings. The molecule has 0 aliphatic heterocycles. The largest absolute Gasteiger partial charge is 0.507 e. The van der Waals surface area contributed by atoms with Crippen molar-refractivity contribution >= 4 is 63.7 Å². The fourth-order valence-electron chi connectivity index (χ4n) is 1.32. The maximum absolute atomic E-state index is 9.54. The number of benzene rings is 2. The quantitative estimate of drug-likeness (QED) is 0.518. The smallest absolute Gasteiger partial charge is 0.143 e. The summed E-state index contributed by atoms with van der Waals surface area (Å²) in [6, 6.07) is 6.32. The minimum Gasteiger partial charge on any atom is -0.507 e. The molecule has 0 heterocycles.